The van der Waals surface area contributed by atoms with Gasteiger partial charge in [0.1, 0.15) is 12.1 Å². The fourth-order valence-electron chi connectivity index (χ4n) is 1.14. The van der Waals surface area contributed by atoms with Gasteiger partial charge in [-0.2, -0.15) is 0 Å². The Balaban J connectivity index is 2.18. The van der Waals surface area contributed by atoms with Crippen molar-refractivity contribution in [2.24, 2.45) is 5.41 Å². The molecule has 2 rings (SSSR count). The highest BCUT2D eigenvalue weighted by molar-refractivity contribution is 5.69. The van der Waals surface area contributed by atoms with Crippen molar-refractivity contribution in [1.29, 1.82) is 0 Å². The summed E-state index contributed by atoms with van der Waals surface area (Å²) in [6.07, 6.45) is 2.61. The maximum Gasteiger partial charge on any atom is 0.138 e. The molecule has 1 nitrogen and oxygen atoms in total. The summed E-state index contributed by atoms with van der Waals surface area (Å²) in [5.41, 5.74) is 0.355. The van der Waals surface area contributed by atoms with E-state index in [2.05, 4.69) is 11.8 Å². The minimum atomic E-state index is -0.394. The lowest BCUT2D eigenvalue weighted by Crippen LogP contribution is -1.96. The van der Waals surface area contributed by atoms with E-state index in [1.807, 2.05) is 0 Å². The van der Waals surface area contributed by atoms with Crippen molar-refractivity contribution in [3.8, 4) is 11.8 Å². The van der Waals surface area contributed by atoms with Crippen molar-refractivity contribution in [3.63, 3.8) is 0 Å². The number of carbonyl (C=O) groups is 1. The number of carbonyl (C=O) groups excluding carboxylic acids is 1. The van der Waals surface area contributed by atoms with Crippen LogP contribution in [0.5, 0.6) is 0 Å². The fourth-order valence-corrected chi connectivity index (χ4v) is 1.14. The number of hydrogen-bond acceptors (Lipinski definition) is 1. The first-order valence-corrected chi connectivity index (χ1v) is 4.49. The predicted octanol–water partition coefficient (Wildman–Crippen LogP) is 2.16. The molecular weight excluding hydrogens is 179 g/mol. The standard InChI is InChI=1S/C12H9FO/c13-11-3-1-10(2-4-11)5-6-12(9-14)7-8-12/h1-4,9H,7-8H2. The van der Waals surface area contributed by atoms with Gasteiger partial charge in [-0.05, 0) is 37.1 Å². The maximum absolute atomic E-state index is 12.5. The molecule has 0 saturated heterocycles. The second-order valence-corrected chi connectivity index (χ2v) is 3.53. The smallest absolute Gasteiger partial charge is 0.138 e. The van der Waals surface area contributed by atoms with Gasteiger partial charge in [0.15, 0.2) is 0 Å². The predicted molar refractivity (Wildman–Crippen MR) is 51.0 cm³/mol. The first kappa shape index (κ1) is 8.96. The third kappa shape index (κ3) is 1.82. The Morgan fingerprint density at radius 3 is 2.43 bits per heavy atom. The molecule has 0 N–H and O–H groups in total. The van der Waals surface area contributed by atoms with E-state index in [1.165, 1.54) is 12.1 Å². The van der Waals surface area contributed by atoms with Crippen LogP contribution in [0.4, 0.5) is 4.39 Å². The molecule has 1 saturated carbocycles. The van der Waals surface area contributed by atoms with Crippen molar-refractivity contribution in [2.45, 2.75) is 12.8 Å². The molecule has 1 fully saturated rings. The average molecular weight is 188 g/mol. The lowest BCUT2D eigenvalue weighted by Gasteiger charge is -1.92. The summed E-state index contributed by atoms with van der Waals surface area (Å²) >= 11 is 0. The Kier molecular flexibility index (Phi) is 2.09. The summed E-state index contributed by atoms with van der Waals surface area (Å²) in [6, 6.07) is 5.96. The molecule has 1 aromatic rings. The maximum atomic E-state index is 12.5. The van der Waals surface area contributed by atoms with Crippen LogP contribution < -0.4 is 0 Å². The van der Waals surface area contributed by atoms with Gasteiger partial charge in [0.05, 0.1) is 5.41 Å². The van der Waals surface area contributed by atoms with Crippen LogP contribution in [0.1, 0.15) is 18.4 Å². The van der Waals surface area contributed by atoms with E-state index in [4.69, 9.17) is 0 Å². The van der Waals surface area contributed by atoms with E-state index < -0.39 is 5.41 Å². The molecule has 0 bridgehead atoms. The normalized spacial score (nSPS) is 16.6. The number of benzene rings is 1. The first-order valence-electron chi connectivity index (χ1n) is 4.49. The highest BCUT2D eigenvalue weighted by Gasteiger charge is 2.40. The second-order valence-electron chi connectivity index (χ2n) is 3.53. The van der Waals surface area contributed by atoms with Crippen molar-refractivity contribution < 1.29 is 9.18 Å². The second kappa shape index (κ2) is 3.26. The van der Waals surface area contributed by atoms with Gasteiger partial charge in [-0.25, -0.2) is 4.39 Å². The molecule has 1 aliphatic rings. The monoisotopic (exact) mass is 188 g/mol. The SMILES string of the molecule is O=CC1(C#Cc2ccc(F)cc2)CC1. The fraction of sp³-hybridized carbons (Fsp3) is 0.250. The summed E-state index contributed by atoms with van der Waals surface area (Å²) < 4.78 is 12.5. The third-order valence-corrected chi connectivity index (χ3v) is 2.31. The van der Waals surface area contributed by atoms with Crippen LogP contribution in [0.3, 0.4) is 0 Å². The van der Waals surface area contributed by atoms with Crippen LogP contribution in [0.25, 0.3) is 0 Å². The van der Waals surface area contributed by atoms with Gasteiger partial charge in [-0.1, -0.05) is 11.8 Å². The number of hydrogen-bond donors (Lipinski definition) is 0. The zero-order valence-corrected chi connectivity index (χ0v) is 7.59. The Hall–Kier alpha value is -1.62. The van der Waals surface area contributed by atoms with E-state index in [-0.39, 0.29) is 5.82 Å². The quantitative estimate of drug-likeness (QED) is 0.487. The van der Waals surface area contributed by atoms with Crippen LogP contribution in [0.2, 0.25) is 0 Å². The molecule has 0 amide bonds. The summed E-state index contributed by atoms with van der Waals surface area (Å²) in [7, 11) is 0. The Bertz CT molecular complexity index is 404. The number of halogens is 1. The molecule has 0 radical (unpaired) electrons. The zero-order chi connectivity index (χ0) is 10.0. The lowest BCUT2D eigenvalue weighted by molar-refractivity contribution is -0.110. The molecule has 0 heterocycles. The highest BCUT2D eigenvalue weighted by Crippen LogP contribution is 2.42. The molecule has 70 valence electrons. The molecule has 1 aliphatic carbocycles. The minimum Gasteiger partial charge on any atom is -0.302 e. The largest absolute Gasteiger partial charge is 0.302 e. The van der Waals surface area contributed by atoms with E-state index >= 15 is 0 Å². The zero-order valence-electron chi connectivity index (χ0n) is 7.59. The van der Waals surface area contributed by atoms with Crippen LogP contribution in [-0.2, 0) is 4.79 Å². The molecule has 0 spiro atoms. The molecular formula is C12H9FO. The molecule has 0 unspecified atom stereocenters. The molecule has 1 aromatic carbocycles. The van der Waals surface area contributed by atoms with Crippen LogP contribution in [-0.4, -0.2) is 6.29 Å². The number of rotatable bonds is 1. The van der Waals surface area contributed by atoms with Crippen LogP contribution in [0, 0.1) is 23.1 Å². The van der Waals surface area contributed by atoms with Gasteiger partial charge in [0.25, 0.3) is 0 Å². The number of aldehydes is 1. The van der Waals surface area contributed by atoms with Crippen LogP contribution >= 0.6 is 0 Å². The summed E-state index contributed by atoms with van der Waals surface area (Å²) in [5, 5.41) is 0. The Labute approximate surface area is 81.9 Å². The summed E-state index contributed by atoms with van der Waals surface area (Å²) in [5.74, 6) is 5.52. The van der Waals surface area contributed by atoms with E-state index in [1.54, 1.807) is 12.1 Å². The van der Waals surface area contributed by atoms with Gasteiger partial charge in [-0.3, -0.25) is 0 Å². The summed E-state index contributed by atoms with van der Waals surface area (Å²) in [6.45, 7) is 0. The van der Waals surface area contributed by atoms with Gasteiger partial charge in [0, 0.05) is 5.56 Å². The highest BCUT2D eigenvalue weighted by atomic mass is 19.1. The van der Waals surface area contributed by atoms with Gasteiger partial charge >= 0.3 is 0 Å². The van der Waals surface area contributed by atoms with Crippen LogP contribution in [0.15, 0.2) is 24.3 Å². The van der Waals surface area contributed by atoms with E-state index in [0.29, 0.717) is 0 Å². The van der Waals surface area contributed by atoms with E-state index in [0.717, 1.165) is 24.7 Å². The first-order chi connectivity index (χ1) is 6.74. The van der Waals surface area contributed by atoms with Gasteiger partial charge < -0.3 is 4.79 Å². The van der Waals surface area contributed by atoms with E-state index in [9.17, 15) is 9.18 Å². The Morgan fingerprint density at radius 2 is 1.93 bits per heavy atom. The van der Waals surface area contributed by atoms with Gasteiger partial charge in [-0.15, -0.1) is 0 Å². The molecule has 2 heteroatoms. The minimum absolute atomic E-state index is 0.271. The third-order valence-electron chi connectivity index (χ3n) is 2.31. The molecule has 14 heavy (non-hydrogen) atoms. The van der Waals surface area contributed by atoms with Crippen molar-refractivity contribution in [3.05, 3.63) is 35.6 Å². The molecule has 0 aliphatic heterocycles. The average Bonchev–Trinajstić information content (AvgIpc) is 2.98. The van der Waals surface area contributed by atoms with Crippen molar-refractivity contribution in [1.82, 2.24) is 0 Å². The summed E-state index contributed by atoms with van der Waals surface area (Å²) in [4.78, 5) is 10.6. The van der Waals surface area contributed by atoms with Crippen molar-refractivity contribution >= 4 is 6.29 Å². The lowest BCUT2D eigenvalue weighted by atomic mass is 10.1. The Morgan fingerprint density at radius 1 is 1.29 bits per heavy atom. The van der Waals surface area contributed by atoms with Gasteiger partial charge in [0.2, 0.25) is 0 Å². The molecule has 0 atom stereocenters. The molecule has 0 aromatic heterocycles. The van der Waals surface area contributed by atoms with Crippen molar-refractivity contribution in [2.75, 3.05) is 0 Å². The topological polar surface area (TPSA) is 17.1 Å².